The minimum Gasteiger partial charge on any atom is -0.492 e. The largest absolute Gasteiger partial charge is 0.492 e. The van der Waals surface area contributed by atoms with Crippen LogP contribution in [0.1, 0.15) is 23.1 Å². The first-order chi connectivity index (χ1) is 13.5. The summed E-state index contributed by atoms with van der Waals surface area (Å²) >= 11 is 0. The topological polar surface area (TPSA) is 76.1 Å². The lowest BCUT2D eigenvalue weighted by atomic mass is 10.2. The molecule has 0 radical (unpaired) electrons. The fourth-order valence-corrected chi connectivity index (χ4v) is 2.49. The first-order valence-corrected chi connectivity index (χ1v) is 8.57. The number of amides is 1. The quantitative estimate of drug-likeness (QED) is 0.656. The van der Waals surface area contributed by atoms with Crippen LogP contribution in [0.15, 0.2) is 48.5 Å². The van der Waals surface area contributed by atoms with Crippen molar-refractivity contribution in [1.82, 2.24) is 9.97 Å². The van der Waals surface area contributed by atoms with Gasteiger partial charge in [-0.3, -0.25) is 4.79 Å². The lowest BCUT2D eigenvalue weighted by molar-refractivity contribution is 0.102. The van der Waals surface area contributed by atoms with Gasteiger partial charge in [0.05, 0.1) is 18.0 Å². The van der Waals surface area contributed by atoms with Crippen LogP contribution in [0.4, 0.5) is 26.1 Å². The Balaban J connectivity index is 1.84. The molecular formula is C20H18F2N4O2. The first kappa shape index (κ1) is 19.2. The summed E-state index contributed by atoms with van der Waals surface area (Å²) in [6, 6.07) is 11.6. The summed E-state index contributed by atoms with van der Waals surface area (Å²) in [5, 5.41) is 5.41. The Kier molecular flexibility index (Phi) is 5.78. The van der Waals surface area contributed by atoms with Gasteiger partial charge in [-0.25, -0.2) is 18.7 Å². The van der Waals surface area contributed by atoms with Gasteiger partial charge in [0.25, 0.3) is 5.91 Å². The third-order valence-corrected chi connectivity index (χ3v) is 3.70. The molecule has 8 heteroatoms. The standard InChI is InChI=1S/C20H18F2N4O2/c1-3-28-18-7-5-4-6-16(18)25-20-23-12(2)10-17(26-20)19(27)24-15-9-8-13(21)11-14(15)22/h4-11H,3H2,1-2H3,(H,24,27)(H,23,25,26). The van der Waals surface area contributed by atoms with Gasteiger partial charge in [-0.05, 0) is 44.2 Å². The van der Waals surface area contributed by atoms with E-state index >= 15 is 0 Å². The summed E-state index contributed by atoms with van der Waals surface area (Å²) in [6.07, 6.45) is 0. The Bertz CT molecular complexity index is 1010. The van der Waals surface area contributed by atoms with Gasteiger partial charge in [-0.2, -0.15) is 0 Å². The number of hydrogen-bond donors (Lipinski definition) is 2. The second-order valence-corrected chi connectivity index (χ2v) is 5.85. The summed E-state index contributed by atoms with van der Waals surface area (Å²) in [5.74, 6) is -1.43. The SMILES string of the molecule is CCOc1ccccc1Nc1nc(C)cc(C(=O)Nc2ccc(F)cc2F)n1. The maximum atomic E-state index is 13.8. The maximum absolute atomic E-state index is 13.8. The van der Waals surface area contributed by atoms with E-state index in [1.807, 2.05) is 19.1 Å². The van der Waals surface area contributed by atoms with Crippen LogP contribution in [-0.2, 0) is 0 Å². The number of nitrogens with zero attached hydrogens (tertiary/aromatic N) is 2. The van der Waals surface area contributed by atoms with Crippen molar-refractivity contribution in [2.24, 2.45) is 0 Å². The number of anilines is 3. The molecular weight excluding hydrogens is 366 g/mol. The number of carbonyl (C=O) groups excluding carboxylic acids is 1. The molecule has 0 aliphatic heterocycles. The van der Waals surface area contributed by atoms with Gasteiger partial charge in [0, 0.05) is 11.8 Å². The van der Waals surface area contributed by atoms with E-state index in [0.717, 1.165) is 12.1 Å². The van der Waals surface area contributed by atoms with E-state index in [1.165, 1.54) is 6.07 Å². The van der Waals surface area contributed by atoms with Crippen molar-refractivity contribution in [2.45, 2.75) is 13.8 Å². The van der Waals surface area contributed by atoms with Gasteiger partial charge in [0.15, 0.2) is 0 Å². The highest BCUT2D eigenvalue weighted by molar-refractivity contribution is 6.03. The van der Waals surface area contributed by atoms with Crippen LogP contribution in [-0.4, -0.2) is 22.5 Å². The number of aryl methyl sites for hydroxylation is 1. The summed E-state index contributed by atoms with van der Waals surface area (Å²) in [7, 11) is 0. The van der Waals surface area contributed by atoms with Crippen LogP contribution in [0.2, 0.25) is 0 Å². The molecule has 0 spiro atoms. The minimum absolute atomic E-state index is 0.0348. The fourth-order valence-electron chi connectivity index (χ4n) is 2.49. The van der Waals surface area contributed by atoms with Crippen LogP contribution in [0.3, 0.4) is 0 Å². The smallest absolute Gasteiger partial charge is 0.274 e. The highest BCUT2D eigenvalue weighted by Gasteiger charge is 2.14. The molecule has 1 heterocycles. The predicted octanol–water partition coefficient (Wildman–Crippen LogP) is 4.46. The molecule has 0 unspecified atom stereocenters. The maximum Gasteiger partial charge on any atom is 0.274 e. The molecule has 2 N–H and O–H groups in total. The predicted molar refractivity (Wildman–Crippen MR) is 102 cm³/mol. The fraction of sp³-hybridized carbons (Fsp3) is 0.150. The Morgan fingerprint density at radius 1 is 1.07 bits per heavy atom. The molecule has 0 bridgehead atoms. The lowest BCUT2D eigenvalue weighted by Gasteiger charge is -2.12. The molecule has 0 atom stereocenters. The van der Waals surface area contributed by atoms with E-state index in [2.05, 4.69) is 20.6 Å². The van der Waals surface area contributed by atoms with E-state index in [1.54, 1.807) is 19.1 Å². The number of rotatable bonds is 6. The Hall–Kier alpha value is -3.55. The number of hydrogen-bond acceptors (Lipinski definition) is 5. The number of aromatic nitrogens is 2. The third kappa shape index (κ3) is 4.59. The van der Waals surface area contributed by atoms with Crippen molar-refractivity contribution in [1.29, 1.82) is 0 Å². The van der Waals surface area contributed by atoms with Crippen LogP contribution in [0.5, 0.6) is 5.75 Å². The monoisotopic (exact) mass is 384 g/mol. The lowest BCUT2D eigenvalue weighted by Crippen LogP contribution is -2.16. The van der Waals surface area contributed by atoms with Gasteiger partial charge >= 0.3 is 0 Å². The van der Waals surface area contributed by atoms with Gasteiger partial charge in [-0.15, -0.1) is 0 Å². The number of nitrogens with one attached hydrogen (secondary N) is 2. The average Bonchev–Trinajstić information content (AvgIpc) is 2.65. The molecule has 6 nitrogen and oxygen atoms in total. The zero-order valence-electron chi connectivity index (χ0n) is 15.3. The van der Waals surface area contributed by atoms with Gasteiger partial charge in [0.2, 0.25) is 5.95 Å². The molecule has 2 aromatic carbocycles. The average molecular weight is 384 g/mol. The molecule has 0 fully saturated rings. The van der Waals surface area contributed by atoms with Crippen molar-refractivity contribution in [3.05, 3.63) is 71.6 Å². The van der Waals surface area contributed by atoms with Crippen LogP contribution in [0, 0.1) is 18.6 Å². The minimum atomic E-state index is -0.872. The van der Waals surface area contributed by atoms with Crippen molar-refractivity contribution in [3.8, 4) is 5.75 Å². The highest BCUT2D eigenvalue weighted by atomic mass is 19.1. The molecule has 3 aromatic rings. The summed E-state index contributed by atoms with van der Waals surface area (Å²) in [5.41, 5.74) is 1.08. The van der Waals surface area contributed by atoms with Crippen molar-refractivity contribution < 1.29 is 18.3 Å². The first-order valence-electron chi connectivity index (χ1n) is 8.57. The molecule has 0 aliphatic rings. The molecule has 3 rings (SSSR count). The Morgan fingerprint density at radius 2 is 1.86 bits per heavy atom. The van der Waals surface area contributed by atoms with Gasteiger partial charge < -0.3 is 15.4 Å². The van der Waals surface area contributed by atoms with Crippen LogP contribution < -0.4 is 15.4 Å². The zero-order valence-corrected chi connectivity index (χ0v) is 15.3. The molecule has 144 valence electrons. The highest BCUT2D eigenvalue weighted by Crippen LogP contribution is 2.26. The number of para-hydroxylation sites is 2. The number of carbonyl (C=O) groups is 1. The van der Waals surface area contributed by atoms with Gasteiger partial charge in [-0.1, -0.05) is 12.1 Å². The van der Waals surface area contributed by atoms with Crippen molar-refractivity contribution in [3.63, 3.8) is 0 Å². The summed E-state index contributed by atoms with van der Waals surface area (Å²) in [4.78, 5) is 20.9. The summed E-state index contributed by atoms with van der Waals surface area (Å²) < 4.78 is 32.3. The normalized spacial score (nSPS) is 10.4. The van der Waals surface area contributed by atoms with Gasteiger partial charge in [0.1, 0.15) is 23.1 Å². The third-order valence-electron chi connectivity index (χ3n) is 3.70. The number of halogens is 2. The molecule has 28 heavy (non-hydrogen) atoms. The summed E-state index contributed by atoms with van der Waals surface area (Å²) in [6.45, 7) is 4.07. The van der Waals surface area contributed by atoms with E-state index in [4.69, 9.17) is 4.74 Å². The molecule has 0 saturated carbocycles. The molecule has 1 aromatic heterocycles. The zero-order chi connectivity index (χ0) is 20.1. The van der Waals surface area contributed by atoms with E-state index in [9.17, 15) is 13.6 Å². The second kappa shape index (κ2) is 8.43. The van der Waals surface area contributed by atoms with Crippen molar-refractivity contribution >= 4 is 23.2 Å². The van der Waals surface area contributed by atoms with E-state index in [-0.39, 0.29) is 17.3 Å². The van der Waals surface area contributed by atoms with Crippen LogP contribution >= 0.6 is 0 Å². The molecule has 0 aliphatic carbocycles. The molecule has 1 amide bonds. The van der Waals surface area contributed by atoms with Crippen LogP contribution in [0.25, 0.3) is 0 Å². The number of ether oxygens (including phenoxy) is 1. The van der Waals surface area contributed by atoms with E-state index in [0.29, 0.717) is 29.8 Å². The molecule has 0 saturated heterocycles. The second-order valence-electron chi connectivity index (χ2n) is 5.85. The van der Waals surface area contributed by atoms with Crippen molar-refractivity contribution in [2.75, 3.05) is 17.2 Å². The number of benzene rings is 2. The van der Waals surface area contributed by atoms with E-state index < -0.39 is 17.5 Å². The Morgan fingerprint density at radius 3 is 2.61 bits per heavy atom. The Labute approximate surface area is 160 Å².